The van der Waals surface area contributed by atoms with Crippen LogP contribution in [0, 0.1) is 0 Å². The van der Waals surface area contributed by atoms with E-state index in [-0.39, 0.29) is 6.04 Å². The van der Waals surface area contributed by atoms with Gasteiger partial charge in [0.25, 0.3) is 0 Å². The molecule has 4 nitrogen and oxygen atoms in total. The molecule has 0 spiro atoms. The molecule has 20 heavy (non-hydrogen) atoms. The third-order valence-electron chi connectivity index (χ3n) is 4.29. The molecule has 0 amide bonds. The molecule has 2 aliphatic rings. The number of piperazine rings is 1. The molecule has 2 fully saturated rings. The van der Waals surface area contributed by atoms with Crippen molar-refractivity contribution in [2.45, 2.75) is 31.1 Å². The lowest BCUT2D eigenvalue weighted by atomic mass is 9.99. The first-order valence-electron chi connectivity index (χ1n) is 7.47. The van der Waals surface area contributed by atoms with Gasteiger partial charge in [0.05, 0.1) is 18.2 Å². The molecule has 0 aromatic heterocycles. The van der Waals surface area contributed by atoms with Crippen LogP contribution in [-0.2, 0) is 0 Å². The Bertz CT molecular complexity index is 462. The van der Waals surface area contributed by atoms with E-state index in [0.717, 1.165) is 43.8 Å². The number of aliphatic hydroxyl groups excluding tert-OH is 1. The zero-order valence-electron chi connectivity index (χ0n) is 12.3. The van der Waals surface area contributed by atoms with Crippen LogP contribution < -0.4 is 4.74 Å². The van der Waals surface area contributed by atoms with Crippen molar-refractivity contribution in [2.24, 2.45) is 0 Å². The summed E-state index contributed by atoms with van der Waals surface area (Å²) in [7, 11) is 4.20. The Balaban J connectivity index is 1.73. The number of nitrogens with zero attached hydrogens (tertiary/aromatic N) is 2. The molecule has 0 radical (unpaired) electrons. The molecule has 2 atom stereocenters. The van der Waals surface area contributed by atoms with E-state index in [2.05, 4.69) is 23.9 Å². The summed E-state index contributed by atoms with van der Waals surface area (Å²) >= 11 is 0. The fourth-order valence-corrected chi connectivity index (χ4v) is 2.76. The van der Waals surface area contributed by atoms with Crippen LogP contribution in [0.25, 0.3) is 0 Å². The number of rotatable bonds is 4. The Hall–Kier alpha value is -1.10. The lowest BCUT2D eigenvalue weighted by Crippen LogP contribution is -2.52. The molecule has 3 rings (SSSR count). The van der Waals surface area contributed by atoms with Gasteiger partial charge in [0.2, 0.25) is 0 Å². The van der Waals surface area contributed by atoms with Crippen LogP contribution in [0.15, 0.2) is 24.3 Å². The fraction of sp³-hybridized carbons (Fsp3) is 0.625. The van der Waals surface area contributed by atoms with Crippen LogP contribution in [0.5, 0.6) is 5.75 Å². The van der Waals surface area contributed by atoms with Gasteiger partial charge in [-0.3, -0.25) is 4.90 Å². The van der Waals surface area contributed by atoms with Crippen LogP contribution in [0.1, 0.15) is 24.5 Å². The predicted molar refractivity (Wildman–Crippen MR) is 79.0 cm³/mol. The lowest BCUT2D eigenvalue weighted by molar-refractivity contribution is 0.0137. The van der Waals surface area contributed by atoms with Crippen molar-refractivity contribution in [2.75, 3.05) is 33.7 Å². The summed E-state index contributed by atoms with van der Waals surface area (Å²) in [6, 6.07) is 8.08. The first-order chi connectivity index (χ1) is 9.63. The third kappa shape index (κ3) is 3.14. The molecule has 1 aromatic carbocycles. The first-order valence-corrected chi connectivity index (χ1v) is 7.47. The molecular formula is C16H24N2O2. The van der Waals surface area contributed by atoms with Gasteiger partial charge in [0, 0.05) is 19.6 Å². The molecule has 110 valence electrons. The van der Waals surface area contributed by atoms with Crippen LogP contribution in [0.2, 0.25) is 0 Å². The Morgan fingerprint density at radius 3 is 2.80 bits per heavy atom. The van der Waals surface area contributed by atoms with E-state index in [4.69, 9.17) is 4.74 Å². The Kier molecular flexibility index (Phi) is 3.96. The van der Waals surface area contributed by atoms with E-state index in [1.807, 2.05) is 24.3 Å². The minimum Gasteiger partial charge on any atom is -0.490 e. The zero-order valence-corrected chi connectivity index (χ0v) is 12.3. The summed E-state index contributed by atoms with van der Waals surface area (Å²) < 4.78 is 5.82. The highest BCUT2D eigenvalue weighted by molar-refractivity contribution is 5.31. The smallest absolute Gasteiger partial charge is 0.120 e. The van der Waals surface area contributed by atoms with Crippen molar-refractivity contribution in [1.29, 1.82) is 0 Å². The average molecular weight is 276 g/mol. The maximum atomic E-state index is 10.7. The maximum absolute atomic E-state index is 10.7. The quantitative estimate of drug-likeness (QED) is 0.904. The zero-order chi connectivity index (χ0) is 14.1. The van der Waals surface area contributed by atoms with Gasteiger partial charge in [-0.25, -0.2) is 0 Å². The van der Waals surface area contributed by atoms with E-state index in [1.165, 1.54) is 0 Å². The van der Waals surface area contributed by atoms with Crippen molar-refractivity contribution in [1.82, 2.24) is 9.80 Å². The first kappa shape index (κ1) is 13.9. The Morgan fingerprint density at radius 1 is 1.25 bits per heavy atom. The molecular weight excluding hydrogens is 252 g/mol. The number of likely N-dealkylation sites (N-methyl/N-ethyl adjacent to an activating group) is 2. The van der Waals surface area contributed by atoms with E-state index < -0.39 is 6.10 Å². The summed E-state index contributed by atoms with van der Waals surface area (Å²) in [5.41, 5.74) is 0.954. The Morgan fingerprint density at radius 2 is 2.05 bits per heavy atom. The predicted octanol–water partition coefficient (Wildman–Crippen LogP) is 1.51. The Labute approximate surface area is 120 Å². The topological polar surface area (TPSA) is 35.9 Å². The van der Waals surface area contributed by atoms with E-state index in [0.29, 0.717) is 6.10 Å². The SMILES string of the molecule is CN1CCN(C)C(C(O)c2cccc(OC3CC3)c2)C1. The monoisotopic (exact) mass is 276 g/mol. The number of hydrogen-bond acceptors (Lipinski definition) is 4. The second kappa shape index (κ2) is 5.72. The molecule has 1 saturated carbocycles. The van der Waals surface area contributed by atoms with Crippen LogP contribution in [-0.4, -0.2) is 60.8 Å². The second-order valence-electron chi connectivity index (χ2n) is 6.14. The van der Waals surface area contributed by atoms with Crippen molar-refractivity contribution in [3.05, 3.63) is 29.8 Å². The molecule has 1 aliphatic carbocycles. The molecule has 2 unspecified atom stereocenters. The number of hydrogen-bond donors (Lipinski definition) is 1. The normalized spacial score (nSPS) is 26.4. The van der Waals surface area contributed by atoms with Crippen molar-refractivity contribution >= 4 is 0 Å². The van der Waals surface area contributed by atoms with Crippen LogP contribution >= 0.6 is 0 Å². The second-order valence-corrected chi connectivity index (χ2v) is 6.14. The standard InChI is InChI=1S/C16H24N2O2/c1-17-8-9-18(2)15(11-17)16(19)12-4-3-5-14(10-12)20-13-6-7-13/h3-5,10,13,15-16,19H,6-9,11H2,1-2H3. The highest BCUT2D eigenvalue weighted by Gasteiger charge is 2.30. The molecule has 1 N–H and O–H groups in total. The third-order valence-corrected chi connectivity index (χ3v) is 4.29. The summed E-state index contributed by atoms with van der Waals surface area (Å²) in [6.45, 7) is 2.95. The van der Waals surface area contributed by atoms with Gasteiger partial charge in [-0.15, -0.1) is 0 Å². The number of benzene rings is 1. The van der Waals surface area contributed by atoms with Crippen molar-refractivity contribution in [3.8, 4) is 5.75 Å². The summed E-state index contributed by atoms with van der Waals surface area (Å²) in [6.07, 6.45) is 2.24. The average Bonchev–Trinajstić information content (AvgIpc) is 3.25. The van der Waals surface area contributed by atoms with Gasteiger partial charge >= 0.3 is 0 Å². The van der Waals surface area contributed by atoms with Gasteiger partial charge in [-0.1, -0.05) is 12.1 Å². The highest BCUT2D eigenvalue weighted by atomic mass is 16.5. The van der Waals surface area contributed by atoms with Crippen molar-refractivity contribution in [3.63, 3.8) is 0 Å². The van der Waals surface area contributed by atoms with Gasteiger partial charge in [-0.2, -0.15) is 0 Å². The molecule has 1 aromatic rings. The molecule has 1 heterocycles. The summed E-state index contributed by atoms with van der Waals surface area (Å²) in [4.78, 5) is 4.53. The minimum atomic E-state index is -0.467. The minimum absolute atomic E-state index is 0.143. The molecule has 4 heteroatoms. The van der Waals surface area contributed by atoms with Crippen LogP contribution in [0.3, 0.4) is 0 Å². The van der Waals surface area contributed by atoms with Gasteiger partial charge < -0.3 is 14.7 Å². The largest absolute Gasteiger partial charge is 0.490 e. The highest BCUT2D eigenvalue weighted by Crippen LogP contribution is 2.30. The number of ether oxygens (including phenoxy) is 1. The molecule has 1 saturated heterocycles. The van der Waals surface area contributed by atoms with Gasteiger partial charge in [0.15, 0.2) is 0 Å². The van der Waals surface area contributed by atoms with Crippen molar-refractivity contribution < 1.29 is 9.84 Å². The van der Waals surface area contributed by atoms with E-state index in [1.54, 1.807) is 0 Å². The van der Waals surface area contributed by atoms with E-state index >= 15 is 0 Å². The maximum Gasteiger partial charge on any atom is 0.120 e. The fourth-order valence-electron chi connectivity index (χ4n) is 2.76. The molecule has 1 aliphatic heterocycles. The van der Waals surface area contributed by atoms with Gasteiger partial charge in [0.1, 0.15) is 5.75 Å². The van der Waals surface area contributed by atoms with E-state index in [9.17, 15) is 5.11 Å². The summed E-state index contributed by atoms with van der Waals surface area (Å²) in [5, 5.41) is 10.7. The van der Waals surface area contributed by atoms with Crippen LogP contribution in [0.4, 0.5) is 0 Å². The number of aliphatic hydroxyl groups is 1. The lowest BCUT2D eigenvalue weighted by Gasteiger charge is -2.40. The molecule has 0 bridgehead atoms. The van der Waals surface area contributed by atoms with Gasteiger partial charge in [-0.05, 0) is 44.6 Å². The summed E-state index contributed by atoms with van der Waals surface area (Å²) in [5.74, 6) is 0.885.